The van der Waals surface area contributed by atoms with Crippen molar-refractivity contribution < 1.29 is 32.7 Å². The normalized spacial score (nSPS) is 21.4. The van der Waals surface area contributed by atoms with Gasteiger partial charge in [0, 0.05) is 55.5 Å². The predicted octanol–water partition coefficient (Wildman–Crippen LogP) is 1.28. The van der Waals surface area contributed by atoms with Gasteiger partial charge in [-0.2, -0.15) is 0 Å². The van der Waals surface area contributed by atoms with E-state index >= 15 is 0 Å². The van der Waals surface area contributed by atoms with Gasteiger partial charge in [0.15, 0.2) is 14.6 Å². The van der Waals surface area contributed by atoms with Crippen LogP contribution < -0.4 is 5.48 Å². The second-order valence-corrected chi connectivity index (χ2v) is 12.5. The van der Waals surface area contributed by atoms with E-state index in [0.717, 1.165) is 17.4 Å². The predicted molar refractivity (Wildman–Crippen MR) is 137 cm³/mol. The Labute approximate surface area is 220 Å². The Balaban J connectivity index is 1.36. The number of rotatable bonds is 7. The topological polar surface area (TPSA) is 132 Å². The zero-order valence-corrected chi connectivity index (χ0v) is 22.0. The first-order valence-electron chi connectivity index (χ1n) is 12.2. The van der Waals surface area contributed by atoms with Gasteiger partial charge in [0.1, 0.15) is 6.17 Å². The average molecular weight is 547 g/mol. The smallest absolute Gasteiger partial charge is 0.328 e. The molecule has 38 heavy (non-hydrogen) atoms. The van der Waals surface area contributed by atoms with Gasteiger partial charge >= 0.3 is 6.03 Å². The van der Waals surface area contributed by atoms with Gasteiger partial charge in [0.2, 0.25) is 0 Å². The van der Waals surface area contributed by atoms with E-state index in [0.29, 0.717) is 30.8 Å². The van der Waals surface area contributed by atoms with Crippen molar-refractivity contribution in [3.63, 3.8) is 0 Å². The van der Waals surface area contributed by atoms with Gasteiger partial charge in [-0.05, 0) is 43.5 Å². The van der Waals surface area contributed by atoms with Crippen molar-refractivity contribution in [1.29, 1.82) is 0 Å². The lowest BCUT2D eigenvalue weighted by Gasteiger charge is -2.32. The van der Waals surface area contributed by atoms with Gasteiger partial charge in [-0.3, -0.25) is 19.5 Å². The first kappa shape index (κ1) is 27.8. The van der Waals surface area contributed by atoms with Crippen LogP contribution in [0.1, 0.15) is 42.1 Å². The summed E-state index contributed by atoms with van der Waals surface area (Å²) in [7, 11) is -3.86. The van der Waals surface area contributed by atoms with Crippen LogP contribution >= 0.6 is 0 Å². The fraction of sp³-hybridized carbons (Fsp3) is 0.462. The Morgan fingerprint density at radius 2 is 1.92 bits per heavy atom. The molecule has 3 N–H and O–H groups in total. The molecular formula is C26H31FN4O6S. The highest BCUT2D eigenvalue weighted by Gasteiger charge is 2.44. The fourth-order valence-corrected chi connectivity index (χ4v) is 5.44. The van der Waals surface area contributed by atoms with E-state index in [-0.39, 0.29) is 32.1 Å². The lowest BCUT2D eigenvalue weighted by atomic mass is 10.0. The van der Waals surface area contributed by atoms with E-state index in [4.69, 9.17) is 5.21 Å². The number of hydrogen-bond acceptors (Lipinski definition) is 7. The standard InChI is InChI=1S/C26H31FN4O6S/c1-26(24(33)28-35,38(2,36)37)10-12-30-16-21-13-20(15-31(21)25(30)34)8-5-18-3-6-19(7-4-18)14-29-11-9-23(32)22(27)17-29/h3-4,6-7,13,15,22-23,32,35H,9-12,14,16-17H2,1-2H3,(H,28,33)/t22-,23-,26?/m0/s1. The minimum Gasteiger partial charge on any atom is -0.390 e. The molecule has 2 aromatic rings. The number of carbonyl (C=O) groups is 2. The number of sulfone groups is 1. The van der Waals surface area contributed by atoms with Crippen LogP contribution in [0.3, 0.4) is 0 Å². The second-order valence-electron chi connectivity index (χ2n) is 10.0. The van der Waals surface area contributed by atoms with Crippen molar-refractivity contribution in [2.45, 2.75) is 49.9 Å². The SMILES string of the molecule is CC(CCN1Cc2cc(C#Cc3ccc(CN4CC[C@H](O)[C@@H](F)C4)cc3)cn2C1=O)(C(=O)NO)S(C)(=O)=O. The summed E-state index contributed by atoms with van der Waals surface area (Å²) >= 11 is 0. The Morgan fingerprint density at radius 1 is 1.24 bits per heavy atom. The first-order chi connectivity index (χ1) is 17.9. The molecule has 3 atom stereocenters. The number of benzene rings is 1. The first-order valence-corrected chi connectivity index (χ1v) is 14.1. The molecule has 1 saturated heterocycles. The lowest BCUT2D eigenvalue weighted by molar-refractivity contribution is -0.131. The third-order valence-corrected chi connectivity index (χ3v) is 9.32. The van der Waals surface area contributed by atoms with E-state index in [2.05, 4.69) is 11.8 Å². The molecule has 204 valence electrons. The molecule has 12 heteroatoms. The van der Waals surface area contributed by atoms with Crippen molar-refractivity contribution in [1.82, 2.24) is 19.8 Å². The Hall–Kier alpha value is -3.24. The fourth-order valence-electron chi connectivity index (χ4n) is 4.60. The Morgan fingerprint density at radius 3 is 2.53 bits per heavy atom. The van der Waals surface area contributed by atoms with Crippen molar-refractivity contribution in [3.05, 3.63) is 58.9 Å². The highest BCUT2D eigenvalue weighted by atomic mass is 32.2. The molecule has 0 radical (unpaired) electrons. The minimum absolute atomic E-state index is 0.00879. The molecule has 0 spiro atoms. The van der Waals surface area contributed by atoms with Crippen LogP contribution in [-0.4, -0.2) is 87.9 Å². The third kappa shape index (κ3) is 5.76. The van der Waals surface area contributed by atoms with Gasteiger partial charge in [-0.15, -0.1) is 0 Å². The minimum atomic E-state index is -3.86. The molecule has 3 heterocycles. The highest BCUT2D eigenvalue weighted by molar-refractivity contribution is 7.92. The van der Waals surface area contributed by atoms with Crippen LogP contribution in [0, 0.1) is 11.8 Å². The second kappa shape index (κ2) is 10.9. The van der Waals surface area contributed by atoms with Crippen LogP contribution in [0.15, 0.2) is 36.5 Å². The van der Waals surface area contributed by atoms with E-state index in [1.807, 2.05) is 29.2 Å². The zero-order chi connectivity index (χ0) is 27.7. The van der Waals surface area contributed by atoms with Gasteiger partial charge in [0.05, 0.1) is 12.6 Å². The molecule has 2 amide bonds. The summed E-state index contributed by atoms with van der Waals surface area (Å²) in [5.41, 5.74) is 4.56. The van der Waals surface area contributed by atoms with Crippen LogP contribution in [0.25, 0.3) is 0 Å². The summed E-state index contributed by atoms with van der Waals surface area (Å²) < 4.78 is 37.6. The number of nitrogens with zero attached hydrogens (tertiary/aromatic N) is 3. The monoisotopic (exact) mass is 546 g/mol. The molecule has 2 aliphatic heterocycles. The molecule has 0 saturated carbocycles. The molecule has 1 fully saturated rings. The van der Waals surface area contributed by atoms with Gasteiger partial charge in [0.25, 0.3) is 5.91 Å². The van der Waals surface area contributed by atoms with Crippen molar-refractivity contribution in [3.8, 4) is 11.8 Å². The number of alkyl halides is 1. The number of likely N-dealkylation sites (tertiary alicyclic amines) is 1. The summed E-state index contributed by atoms with van der Waals surface area (Å²) in [6, 6.07) is 9.07. The van der Waals surface area contributed by atoms with Crippen molar-refractivity contribution in [2.75, 3.05) is 25.9 Å². The maximum absolute atomic E-state index is 13.8. The maximum atomic E-state index is 13.8. The maximum Gasteiger partial charge on any atom is 0.328 e. The number of aliphatic hydroxyl groups is 1. The Kier molecular flexibility index (Phi) is 7.94. The quantitative estimate of drug-likeness (QED) is 0.271. The number of aliphatic hydroxyl groups excluding tert-OH is 1. The number of aromatic nitrogens is 1. The number of hydrogen-bond donors (Lipinski definition) is 3. The number of nitrogens with one attached hydrogen (secondary N) is 1. The van der Waals surface area contributed by atoms with E-state index in [1.165, 1.54) is 21.9 Å². The van der Waals surface area contributed by atoms with Crippen molar-refractivity contribution >= 4 is 21.8 Å². The number of carbonyl (C=O) groups excluding carboxylic acids is 2. The Bertz CT molecular complexity index is 1380. The van der Waals surface area contributed by atoms with Crippen LogP contribution in [0.5, 0.6) is 0 Å². The number of halogens is 1. The van der Waals surface area contributed by atoms with Crippen LogP contribution in [0.2, 0.25) is 0 Å². The molecule has 4 rings (SSSR count). The summed E-state index contributed by atoms with van der Waals surface area (Å²) in [5, 5.41) is 18.5. The highest BCUT2D eigenvalue weighted by Crippen LogP contribution is 2.25. The van der Waals surface area contributed by atoms with Crippen LogP contribution in [-0.2, 0) is 27.7 Å². The van der Waals surface area contributed by atoms with E-state index in [9.17, 15) is 27.5 Å². The summed E-state index contributed by atoms with van der Waals surface area (Å²) in [5.74, 6) is 5.07. The van der Waals surface area contributed by atoms with E-state index in [1.54, 1.807) is 12.3 Å². The molecule has 10 nitrogen and oxygen atoms in total. The largest absolute Gasteiger partial charge is 0.390 e. The molecular weight excluding hydrogens is 515 g/mol. The molecule has 1 unspecified atom stereocenters. The zero-order valence-electron chi connectivity index (χ0n) is 21.2. The number of piperidine rings is 1. The van der Waals surface area contributed by atoms with Gasteiger partial charge in [-0.1, -0.05) is 24.0 Å². The molecule has 0 bridgehead atoms. The molecule has 2 aliphatic rings. The van der Waals surface area contributed by atoms with Crippen molar-refractivity contribution in [2.24, 2.45) is 0 Å². The third-order valence-electron chi connectivity index (χ3n) is 7.29. The molecule has 1 aromatic carbocycles. The molecule has 0 aliphatic carbocycles. The average Bonchev–Trinajstić information content (AvgIpc) is 3.41. The van der Waals surface area contributed by atoms with E-state index < -0.39 is 32.8 Å². The number of fused-ring (bicyclic) bond motifs is 1. The molecule has 1 aromatic heterocycles. The summed E-state index contributed by atoms with van der Waals surface area (Å²) in [6.45, 7) is 2.92. The number of amides is 2. The van der Waals surface area contributed by atoms with Crippen LogP contribution in [0.4, 0.5) is 9.18 Å². The van der Waals surface area contributed by atoms with Gasteiger partial charge < -0.3 is 10.0 Å². The lowest BCUT2D eigenvalue weighted by Crippen LogP contribution is -2.50. The summed E-state index contributed by atoms with van der Waals surface area (Å²) in [6.07, 6.45) is 0.676. The number of hydroxylamine groups is 1. The summed E-state index contributed by atoms with van der Waals surface area (Å²) in [4.78, 5) is 28.3. The van der Waals surface area contributed by atoms with Gasteiger partial charge in [-0.25, -0.2) is 23.1 Å².